The van der Waals surface area contributed by atoms with Gasteiger partial charge in [-0.25, -0.2) is 13.1 Å². The van der Waals surface area contributed by atoms with Crippen molar-refractivity contribution in [3.8, 4) is 5.75 Å². The smallest absolute Gasteiger partial charge is 0.264 e. The number of aliphatic hydroxyl groups excluding tert-OH is 2. The predicted molar refractivity (Wildman–Crippen MR) is 153 cm³/mol. The van der Waals surface area contributed by atoms with Crippen LogP contribution in [0.4, 0.5) is 5.69 Å². The van der Waals surface area contributed by atoms with E-state index in [1.54, 1.807) is 24.3 Å². The monoisotopic (exact) mass is 586 g/mol. The first-order valence-corrected chi connectivity index (χ1v) is 16.0. The van der Waals surface area contributed by atoms with Gasteiger partial charge in [0.25, 0.3) is 5.91 Å². The fraction of sp³-hybridized carbons (Fsp3) is 0.500. The molecule has 2 bridgehead atoms. The van der Waals surface area contributed by atoms with E-state index < -0.39 is 33.9 Å². The predicted octanol–water partition coefficient (Wildman–Crippen LogP) is 3.58. The van der Waals surface area contributed by atoms with Crippen molar-refractivity contribution in [3.63, 3.8) is 0 Å². The van der Waals surface area contributed by atoms with Crippen molar-refractivity contribution in [2.45, 2.75) is 56.1 Å². The molecule has 214 valence electrons. The summed E-state index contributed by atoms with van der Waals surface area (Å²) in [6.45, 7) is 1.83. The third-order valence-electron chi connectivity index (χ3n) is 9.10. The number of hydrogen-bond donors (Lipinski definition) is 3. The number of nitrogens with one attached hydrogen (secondary N) is 1. The first-order valence-electron chi connectivity index (χ1n) is 14.0. The molecule has 8 nitrogen and oxygen atoms in total. The SMILES string of the molecule is O=C1NS(=O)(=O)C[C@H](O)/C=C/C[C@H](O)[C@@H]2CC[C@H]2CN2C[C@@]3(CCCc4cc(Cl)ccc43)COc3ccc1cc32. The Morgan fingerprint density at radius 1 is 1.12 bits per heavy atom. The summed E-state index contributed by atoms with van der Waals surface area (Å²) >= 11 is 6.36. The number of aliphatic hydroxyl groups is 2. The van der Waals surface area contributed by atoms with Gasteiger partial charge in [0.1, 0.15) is 5.75 Å². The van der Waals surface area contributed by atoms with E-state index in [-0.39, 0.29) is 22.8 Å². The molecular weight excluding hydrogens is 552 g/mol. The summed E-state index contributed by atoms with van der Waals surface area (Å²) in [6.07, 6.45) is 6.26. The molecule has 0 saturated heterocycles. The van der Waals surface area contributed by atoms with E-state index in [4.69, 9.17) is 16.3 Å². The van der Waals surface area contributed by atoms with Gasteiger partial charge in [-0.15, -0.1) is 0 Å². The van der Waals surface area contributed by atoms with E-state index in [1.807, 2.05) is 6.07 Å². The third-order valence-corrected chi connectivity index (χ3v) is 10.6. The van der Waals surface area contributed by atoms with Gasteiger partial charge >= 0.3 is 0 Å². The maximum Gasteiger partial charge on any atom is 0.264 e. The van der Waals surface area contributed by atoms with Crippen LogP contribution in [0.3, 0.4) is 0 Å². The molecule has 0 radical (unpaired) electrons. The molecule has 4 aliphatic rings. The van der Waals surface area contributed by atoms with Crippen molar-refractivity contribution in [3.05, 3.63) is 70.3 Å². The minimum absolute atomic E-state index is 0.0888. The van der Waals surface area contributed by atoms with Crippen LogP contribution in [-0.4, -0.2) is 62.2 Å². The number of carbonyl (C=O) groups excluding carboxylic acids is 1. The largest absolute Gasteiger partial charge is 0.490 e. The molecule has 1 fully saturated rings. The highest BCUT2D eigenvalue weighted by Crippen LogP contribution is 2.46. The molecule has 6 rings (SSSR count). The number of halogens is 1. The van der Waals surface area contributed by atoms with E-state index in [2.05, 4.69) is 21.8 Å². The van der Waals surface area contributed by atoms with E-state index in [1.165, 1.54) is 17.2 Å². The van der Waals surface area contributed by atoms with Crippen LogP contribution in [0, 0.1) is 11.8 Å². The van der Waals surface area contributed by atoms with Crippen molar-refractivity contribution in [2.24, 2.45) is 11.8 Å². The van der Waals surface area contributed by atoms with Gasteiger partial charge in [0.05, 0.1) is 30.3 Å². The van der Waals surface area contributed by atoms with Gasteiger partial charge in [0, 0.05) is 29.1 Å². The lowest BCUT2D eigenvalue weighted by Crippen LogP contribution is -2.49. The number of aryl methyl sites for hydroxylation is 1. The van der Waals surface area contributed by atoms with Gasteiger partial charge in [-0.3, -0.25) is 4.79 Å². The summed E-state index contributed by atoms with van der Waals surface area (Å²) in [5.41, 5.74) is 3.14. The molecular formula is C30H35ClN2O6S. The number of amides is 1. The van der Waals surface area contributed by atoms with Crippen LogP contribution < -0.4 is 14.4 Å². The number of sulfonamides is 1. The summed E-state index contributed by atoms with van der Waals surface area (Å²) < 4.78 is 33.8. The summed E-state index contributed by atoms with van der Waals surface area (Å²) in [6, 6.07) is 11.1. The Balaban J connectivity index is 1.41. The van der Waals surface area contributed by atoms with E-state index in [9.17, 15) is 23.4 Å². The molecule has 0 unspecified atom stereocenters. The van der Waals surface area contributed by atoms with E-state index in [0.29, 0.717) is 31.9 Å². The fourth-order valence-corrected chi connectivity index (χ4v) is 8.18. The van der Waals surface area contributed by atoms with Crippen molar-refractivity contribution >= 4 is 33.2 Å². The first kappa shape index (κ1) is 27.6. The lowest BCUT2D eigenvalue weighted by molar-refractivity contribution is 0.0176. The molecule has 3 N–H and O–H groups in total. The highest BCUT2D eigenvalue weighted by Gasteiger charge is 2.44. The Bertz CT molecular complexity index is 1450. The topological polar surface area (TPSA) is 116 Å². The van der Waals surface area contributed by atoms with Crippen molar-refractivity contribution in [2.75, 3.05) is 30.3 Å². The van der Waals surface area contributed by atoms with Crippen molar-refractivity contribution in [1.82, 2.24) is 4.72 Å². The molecule has 2 aliphatic carbocycles. The van der Waals surface area contributed by atoms with Crippen LogP contribution in [-0.2, 0) is 21.9 Å². The molecule has 2 heterocycles. The summed E-state index contributed by atoms with van der Waals surface area (Å²) in [4.78, 5) is 15.4. The molecule has 1 spiro atoms. The average molecular weight is 587 g/mol. The lowest BCUT2D eigenvalue weighted by Gasteiger charge is -2.45. The standard InChI is InChI=1S/C30H35ClN2O6S/c31-22-8-10-25-19(13-22)3-2-12-30(25)17-33-15-21-6-9-24(21)27(35)5-1-4-23(34)16-40(37,38)32-29(36)20-7-11-28(39-18-30)26(33)14-20/h1,4,7-8,10-11,13-14,21,23-24,27,34-35H,2-3,5-6,9,12,15-18H2,(H,32,36)/b4-1+/t21-,23+,24+,27-,30-/m0/s1. The zero-order valence-corrected chi connectivity index (χ0v) is 23.8. The van der Waals surface area contributed by atoms with Crippen molar-refractivity contribution < 1.29 is 28.2 Å². The highest BCUT2D eigenvalue weighted by molar-refractivity contribution is 7.90. The number of rotatable bonds is 0. The van der Waals surface area contributed by atoms with Gasteiger partial charge in [-0.05, 0) is 91.8 Å². The van der Waals surface area contributed by atoms with Crippen LogP contribution in [0.1, 0.15) is 53.6 Å². The first-order chi connectivity index (χ1) is 19.1. The Morgan fingerprint density at radius 2 is 1.98 bits per heavy atom. The highest BCUT2D eigenvalue weighted by atomic mass is 35.5. The number of carbonyl (C=O) groups is 1. The summed E-state index contributed by atoms with van der Waals surface area (Å²) in [5, 5.41) is 21.9. The summed E-state index contributed by atoms with van der Waals surface area (Å²) in [7, 11) is -4.10. The molecule has 1 amide bonds. The molecule has 5 atom stereocenters. The number of nitrogens with zero attached hydrogens (tertiary/aromatic N) is 1. The molecule has 2 aromatic carbocycles. The Kier molecular flexibility index (Phi) is 7.36. The number of anilines is 1. The Morgan fingerprint density at radius 3 is 2.77 bits per heavy atom. The summed E-state index contributed by atoms with van der Waals surface area (Å²) in [5.74, 6) is -0.419. The maximum atomic E-state index is 13.1. The lowest BCUT2D eigenvalue weighted by atomic mass is 9.68. The van der Waals surface area contributed by atoms with E-state index >= 15 is 0 Å². The number of hydrogen-bond acceptors (Lipinski definition) is 7. The second-order valence-electron chi connectivity index (χ2n) is 11.8. The van der Waals surface area contributed by atoms with Gasteiger partial charge in [-0.2, -0.15) is 0 Å². The van der Waals surface area contributed by atoms with Gasteiger partial charge < -0.3 is 19.8 Å². The minimum atomic E-state index is -4.10. The van der Waals surface area contributed by atoms with Crippen LogP contribution in [0.2, 0.25) is 5.02 Å². The van der Waals surface area contributed by atoms with Crippen molar-refractivity contribution in [1.29, 1.82) is 0 Å². The Hall–Kier alpha value is -2.59. The quantitative estimate of drug-likeness (QED) is 0.404. The Labute approximate surface area is 240 Å². The third kappa shape index (κ3) is 5.36. The van der Waals surface area contributed by atoms with Crippen LogP contribution in [0.5, 0.6) is 5.75 Å². The van der Waals surface area contributed by atoms with Crippen LogP contribution in [0.15, 0.2) is 48.6 Å². The van der Waals surface area contributed by atoms with Gasteiger partial charge in [0.2, 0.25) is 10.0 Å². The molecule has 2 aromatic rings. The fourth-order valence-electron chi connectivity index (χ4n) is 6.94. The molecule has 2 aliphatic heterocycles. The maximum absolute atomic E-state index is 13.1. The number of benzene rings is 2. The van der Waals surface area contributed by atoms with E-state index in [0.717, 1.165) is 42.8 Å². The zero-order chi connectivity index (χ0) is 28.1. The molecule has 0 aromatic heterocycles. The van der Waals surface area contributed by atoms with Crippen LogP contribution >= 0.6 is 11.6 Å². The average Bonchev–Trinajstić information content (AvgIpc) is 3.02. The number of fused-ring (bicyclic) bond motifs is 4. The van der Waals surface area contributed by atoms with Crippen LogP contribution in [0.25, 0.3) is 0 Å². The zero-order valence-electron chi connectivity index (χ0n) is 22.3. The second kappa shape index (κ2) is 10.7. The number of ether oxygens (including phenoxy) is 1. The second-order valence-corrected chi connectivity index (χ2v) is 14.0. The normalized spacial score (nSPS) is 32.5. The van der Waals surface area contributed by atoms with Gasteiger partial charge in [0.15, 0.2) is 0 Å². The molecule has 10 heteroatoms. The van der Waals surface area contributed by atoms with Gasteiger partial charge in [-0.1, -0.05) is 29.8 Å². The molecule has 1 saturated carbocycles. The minimum Gasteiger partial charge on any atom is -0.490 e. The molecule has 40 heavy (non-hydrogen) atoms.